The molecule has 0 saturated carbocycles. The Morgan fingerprint density at radius 2 is 2.11 bits per heavy atom. The van der Waals surface area contributed by atoms with E-state index < -0.39 is 0 Å². The average molecular weight is 267 g/mol. The Balaban J connectivity index is 1.99. The van der Waals surface area contributed by atoms with Crippen molar-refractivity contribution < 1.29 is 0 Å². The predicted molar refractivity (Wildman–Crippen MR) is 78.4 cm³/mol. The van der Waals surface area contributed by atoms with Crippen molar-refractivity contribution in [1.82, 2.24) is 15.2 Å². The molecule has 0 atom stereocenters. The first-order valence-electron chi connectivity index (χ1n) is 7.00. The molecule has 18 heavy (non-hydrogen) atoms. The van der Waals surface area contributed by atoms with E-state index in [0.717, 1.165) is 39.1 Å². The third-order valence-electron chi connectivity index (χ3n) is 3.54. The molecule has 0 aliphatic carbocycles. The Labute approximate surface area is 115 Å². The van der Waals surface area contributed by atoms with Crippen LogP contribution in [0.3, 0.4) is 0 Å². The highest BCUT2D eigenvalue weighted by Gasteiger charge is 2.27. The molecule has 1 fully saturated rings. The van der Waals surface area contributed by atoms with Gasteiger partial charge in [0.1, 0.15) is 0 Å². The van der Waals surface area contributed by atoms with E-state index in [1.807, 2.05) is 11.3 Å². The number of nitrogens with zero attached hydrogens (tertiary/aromatic N) is 2. The monoisotopic (exact) mass is 267 g/mol. The molecule has 0 unspecified atom stereocenters. The summed E-state index contributed by atoms with van der Waals surface area (Å²) in [6.45, 7) is 12.5. The van der Waals surface area contributed by atoms with E-state index in [1.165, 1.54) is 17.1 Å². The summed E-state index contributed by atoms with van der Waals surface area (Å²) in [5.41, 5.74) is 1.44. The molecule has 3 nitrogen and oxygen atoms in total. The van der Waals surface area contributed by atoms with Crippen molar-refractivity contribution in [2.45, 2.75) is 39.0 Å². The van der Waals surface area contributed by atoms with Gasteiger partial charge in [-0.2, -0.15) is 0 Å². The average Bonchev–Trinajstić information content (AvgIpc) is 2.80. The summed E-state index contributed by atoms with van der Waals surface area (Å²) in [6.07, 6.45) is 2.31. The zero-order valence-corrected chi connectivity index (χ0v) is 12.6. The molecule has 1 aromatic heterocycles. The molecule has 2 rings (SSSR count). The summed E-state index contributed by atoms with van der Waals surface area (Å²) in [7, 11) is 0. The molecule has 2 heterocycles. The van der Waals surface area contributed by atoms with Gasteiger partial charge in [-0.25, -0.2) is 4.98 Å². The quantitative estimate of drug-likeness (QED) is 0.887. The number of thiazole rings is 1. The van der Waals surface area contributed by atoms with Crippen LogP contribution in [0.15, 0.2) is 5.38 Å². The number of nitrogens with one attached hydrogen (secondary N) is 1. The normalized spacial score (nSPS) is 18.2. The van der Waals surface area contributed by atoms with Crippen molar-refractivity contribution in [3.8, 4) is 0 Å². The van der Waals surface area contributed by atoms with Gasteiger partial charge in [0.25, 0.3) is 0 Å². The van der Waals surface area contributed by atoms with Gasteiger partial charge in [-0.15, -0.1) is 11.3 Å². The van der Waals surface area contributed by atoms with Crippen LogP contribution in [0.25, 0.3) is 0 Å². The van der Waals surface area contributed by atoms with Gasteiger partial charge in [0.05, 0.1) is 10.7 Å². The van der Waals surface area contributed by atoms with Crippen LogP contribution in [0.2, 0.25) is 0 Å². The Bertz CT molecular complexity index is 367. The van der Waals surface area contributed by atoms with E-state index in [4.69, 9.17) is 4.98 Å². The maximum atomic E-state index is 4.81. The van der Waals surface area contributed by atoms with Gasteiger partial charge in [-0.3, -0.25) is 4.90 Å². The molecule has 0 amide bonds. The summed E-state index contributed by atoms with van der Waals surface area (Å²) in [4.78, 5) is 7.36. The van der Waals surface area contributed by atoms with E-state index in [0.29, 0.717) is 0 Å². The number of aromatic nitrogens is 1. The van der Waals surface area contributed by atoms with Crippen molar-refractivity contribution in [3.05, 3.63) is 16.1 Å². The second kappa shape index (κ2) is 6.13. The number of hydrogen-bond donors (Lipinski definition) is 1. The molecule has 0 spiro atoms. The largest absolute Gasteiger partial charge is 0.314 e. The van der Waals surface area contributed by atoms with Gasteiger partial charge in [0.2, 0.25) is 0 Å². The molecule has 1 N–H and O–H groups in total. The molecule has 1 saturated heterocycles. The highest BCUT2D eigenvalue weighted by atomic mass is 32.1. The van der Waals surface area contributed by atoms with Crippen molar-refractivity contribution in [2.24, 2.45) is 0 Å². The molecule has 0 bridgehead atoms. The van der Waals surface area contributed by atoms with Gasteiger partial charge in [-0.1, -0.05) is 20.8 Å². The smallest absolute Gasteiger partial charge is 0.0928 e. The van der Waals surface area contributed by atoms with Crippen LogP contribution in [0, 0.1) is 0 Å². The molecule has 4 heteroatoms. The first-order chi connectivity index (χ1) is 8.62. The van der Waals surface area contributed by atoms with Crippen LogP contribution in [-0.2, 0) is 11.8 Å². The molecular weight excluding hydrogens is 242 g/mol. The maximum absolute atomic E-state index is 4.81. The van der Waals surface area contributed by atoms with Crippen molar-refractivity contribution in [1.29, 1.82) is 0 Å². The number of rotatable bonds is 5. The SMILES string of the molecule is CCCc1nc(C(C)(C)CN2CCNCC2)cs1. The first kappa shape index (κ1) is 14.0. The first-order valence-corrected chi connectivity index (χ1v) is 7.88. The molecular formula is C14H25N3S. The minimum atomic E-state index is 0.166. The van der Waals surface area contributed by atoms with E-state index in [-0.39, 0.29) is 5.41 Å². The van der Waals surface area contributed by atoms with Gasteiger partial charge < -0.3 is 5.32 Å². The summed E-state index contributed by atoms with van der Waals surface area (Å²) in [5, 5.41) is 6.96. The summed E-state index contributed by atoms with van der Waals surface area (Å²) >= 11 is 1.82. The van der Waals surface area contributed by atoms with E-state index in [1.54, 1.807) is 0 Å². The fraction of sp³-hybridized carbons (Fsp3) is 0.786. The highest BCUT2D eigenvalue weighted by Crippen LogP contribution is 2.26. The van der Waals surface area contributed by atoms with Crippen LogP contribution in [-0.4, -0.2) is 42.6 Å². The lowest BCUT2D eigenvalue weighted by molar-refractivity contribution is 0.198. The lowest BCUT2D eigenvalue weighted by Crippen LogP contribution is -2.48. The molecule has 1 aromatic rings. The fourth-order valence-electron chi connectivity index (χ4n) is 2.46. The molecule has 102 valence electrons. The number of piperazine rings is 1. The third-order valence-corrected chi connectivity index (χ3v) is 4.45. The number of aryl methyl sites for hydroxylation is 1. The van der Waals surface area contributed by atoms with E-state index in [2.05, 4.69) is 36.4 Å². The summed E-state index contributed by atoms with van der Waals surface area (Å²) in [5.74, 6) is 0. The standard InChI is InChI=1S/C14H25N3S/c1-4-5-13-16-12(10-18-13)14(2,3)11-17-8-6-15-7-9-17/h10,15H,4-9,11H2,1-3H3. The van der Waals surface area contributed by atoms with Crippen LogP contribution < -0.4 is 5.32 Å². The highest BCUT2D eigenvalue weighted by molar-refractivity contribution is 7.09. The maximum Gasteiger partial charge on any atom is 0.0928 e. The molecule has 0 radical (unpaired) electrons. The van der Waals surface area contributed by atoms with Crippen molar-refractivity contribution >= 4 is 11.3 Å². The van der Waals surface area contributed by atoms with Gasteiger partial charge in [0, 0.05) is 43.5 Å². The topological polar surface area (TPSA) is 28.2 Å². The summed E-state index contributed by atoms with van der Waals surface area (Å²) in [6, 6.07) is 0. The molecule has 1 aliphatic rings. The Kier molecular flexibility index (Phi) is 4.76. The lowest BCUT2D eigenvalue weighted by Gasteiger charge is -2.34. The van der Waals surface area contributed by atoms with Gasteiger partial charge in [-0.05, 0) is 12.8 Å². The Morgan fingerprint density at radius 3 is 2.78 bits per heavy atom. The summed E-state index contributed by atoms with van der Waals surface area (Å²) < 4.78 is 0. The van der Waals surface area contributed by atoms with Gasteiger partial charge >= 0.3 is 0 Å². The zero-order chi connectivity index (χ0) is 13.0. The minimum Gasteiger partial charge on any atom is -0.314 e. The van der Waals surface area contributed by atoms with Crippen molar-refractivity contribution in [3.63, 3.8) is 0 Å². The van der Waals surface area contributed by atoms with Crippen LogP contribution in [0.5, 0.6) is 0 Å². The Hall–Kier alpha value is -0.450. The number of hydrogen-bond acceptors (Lipinski definition) is 4. The second-order valence-electron chi connectivity index (χ2n) is 5.79. The minimum absolute atomic E-state index is 0.166. The van der Waals surface area contributed by atoms with Crippen LogP contribution in [0.4, 0.5) is 0 Å². The van der Waals surface area contributed by atoms with Gasteiger partial charge in [0.15, 0.2) is 0 Å². The fourth-order valence-corrected chi connectivity index (χ4v) is 3.55. The predicted octanol–water partition coefficient (Wildman–Crippen LogP) is 2.28. The zero-order valence-electron chi connectivity index (χ0n) is 11.8. The third kappa shape index (κ3) is 3.53. The van der Waals surface area contributed by atoms with Crippen LogP contribution >= 0.6 is 11.3 Å². The van der Waals surface area contributed by atoms with Crippen LogP contribution in [0.1, 0.15) is 37.9 Å². The Morgan fingerprint density at radius 1 is 1.39 bits per heavy atom. The van der Waals surface area contributed by atoms with Crippen molar-refractivity contribution in [2.75, 3.05) is 32.7 Å². The van der Waals surface area contributed by atoms with E-state index >= 15 is 0 Å². The molecule has 1 aliphatic heterocycles. The lowest BCUT2D eigenvalue weighted by atomic mass is 9.89. The second-order valence-corrected chi connectivity index (χ2v) is 6.73. The molecule has 0 aromatic carbocycles. The van der Waals surface area contributed by atoms with E-state index in [9.17, 15) is 0 Å².